The molecule has 1 aromatic heterocycles. The Morgan fingerprint density at radius 1 is 1.06 bits per heavy atom. The van der Waals surface area contributed by atoms with E-state index in [1.807, 2.05) is 41.1 Å². The van der Waals surface area contributed by atoms with Gasteiger partial charge in [-0.2, -0.15) is 0 Å². The Morgan fingerprint density at radius 2 is 1.82 bits per heavy atom. The third kappa shape index (κ3) is 6.20. The summed E-state index contributed by atoms with van der Waals surface area (Å²) in [5.74, 6) is 0.709. The lowest BCUT2D eigenvalue weighted by atomic mass is 9.85. The minimum atomic E-state index is -0.134. The fourth-order valence-electron chi connectivity index (χ4n) is 4.71. The van der Waals surface area contributed by atoms with Gasteiger partial charge in [0.15, 0.2) is 6.29 Å². The summed E-state index contributed by atoms with van der Waals surface area (Å²) < 4.78 is 1.86. The normalized spacial score (nSPS) is 15.2. The molecular formula is C28H33N3O2. The molecule has 1 atom stereocenters. The summed E-state index contributed by atoms with van der Waals surface area (Å²) in [6, 6.07) is 17.6. The monoisotopic (exact) mass is 443 g/mol. The summed E-state index contributed by atoms with van der Waals surface area (Å²) in [4.78, 5) is 23.8. The molecule has 5 heteroatoms. The van der Waals surface area contributed by atoms with Gasteiger partial charge in [0.1, 0.15) is 0 Å². The molecule has 2 aromatic carbocycles. The molecule has 33 heavy (non-hydrogen) atoms. The van der Waals surface area contributed by atoms with E-state index in [1.165, 1.54) is 38.5 Å². The number of aldehydes is 1. The fraction of sp³-hybridized carbons (Fsp3) is 0.357. The number of hydrogen-bond donors (Lipinski definition) is 2. The zero-order chi connectivity index (χ0) is 23.0. The van der Waals surface area contributed by atoms with Crippen LogP contribution in [0.25, 0.3) is 5.69 Å². The Labute approximate surface area is 196 Å². The van der Waals surface area contributed by atoms with Gasteiger partial charge in [0.2, 0.25) is 0 Å². The largest absolute Gasteiger partial charge is 0.323 e. The zero-order valence-corrected chi connectivity index (χ0v) is 19.3. The second-order valence-electron chi connectivity index (χ2n) is 9.15. The lowest BCUT2D eigenvalue weighted by Gasteiger charge is -2.25. The van der Waals surface area contributed by atoms with Crippen molar-refractivity contribution in [1.29, 1.82) is 0 Å². The van der Waals surface area contributed by atoms with E-state index >= 15 is 0 Å². The van der Waals surface area contributed by atoms with E-state index in [4.69, 9.17) is 0 Å². The lowest BCUT2D eigenvalue weighted by Crippen LogP contribution is -2.29. The number of anilines is 1. The Morgan fingerprint density at radius 3 is 2.55 bits per heavy atom. The van der Waals surface area contributed by atoms with Crippen LogP contribution in [0.1, 0.15) is 71.7 Å². The Bertz CT molecular complexity index is 1060. The van der Waals surface area contributed by atoms with E-state index < -0.39 is 0 Å². The van der Waals surface area contributed by atoms with Gasteiger partial charge >= 0.3 is 0 Å². The molecule has 1 amide bonds. The smallest absolute Gasteiger partial charge is 0.255 e. The lowest BCUT2D eigenvalue weighted by molar-refractivity contribution is 0.102. The first-order valence-electron chi connectivity index (χ1n) is 12.0. The van der Waals surface area contributed by atoms with E-state index in [1.54, 1.807) is 24.4 Å². The Balaban J connectivity index is 1.35. The summed E-state index contributed by atoms with van der Waals surface area (Å²) in [6.45, 7) is 3.00. The van der Waals surface area contributed by atoms with Gasteiger partial charge in [-0.15, -0.1) is 0 Å². The number of amides is 1. The van der Waals surface area contributed by atoms with Crippen LogP contribution in [0.15, 0.2) is 67.0 Å². The number of carbonyl (C=O) groups excluding carboxylic acids is 2. The molecule has 172 valence electrons. The minimum Gasteiger partial charge on any atom is -0.323 e. The van der Waals surface area contributed by atoms with Gasteiger partial charge in [0.05, 0.1) is 0 Å². The summed E-state index contributed by atoms with van der Waals surface area (Å²) in [5, 5.41) is 6.73. The molecule has 0 bridgehead atoms. The molecule has 5 nitrogen and oxygen atoms in total. The Kier molecular flexibility index (Phi) is 7.74. The van der Waals surface area contributed by atoms with E-state index in [-0.39, 0.29) is 5.91 Å². The summed E-state index contributed by atoms with van der Waals surface area (Å²) in [5.41, 5.74) is 4.04. The summed E-state index contributed by atoms with van der Waals surface area (Å²) in [7, 11) is 0. The molecule has 0 spiro atoms. The predicted octanol–water partition coefficient (Wildman–Crippen LogP) is 5.99. The van der Waals surface area contributed by atoms with Crippen LogP contribution in [0.5, 0.6) is 0 Å². The standard InChI is InChI=1S/C28H33N3O2/c1-21(17-22-7-3-2-4-8-22)29-18-25-9-5-6-10-27(25)30-28(33)24-11-13-26(14-12-24)31-16-15-23(19-31)20-32/h5-6,9-16,19-22,29H,2-4,7-8,17-18H2,1H3,(H,30,33)/t21-/m0/s1. The van der Waals surface area contributed by atoms with E-state index in [9.17, 15) is 9.59 Å². The van der Waals surface area contributed by atoms with Gasteiger partial charge < -0.3 is 15.2 Å². The first-order chi connectivity index (χ1) is 16.1. The van der Waals surface area contributed by atoms with Gasteiger partial charge in [0.25, 0.3) is 5.91 Å². The molecule has 0 aliphatic heterocycles. The summed E-state index contributed by atoms with van der Waals surface area (Å²) >= 11 is 0. The van der Waals surface area contributed by atoms with E-state index in [2.05, 4.69) is 23.6 Å². The Hall–Kier alpha value is -3.18. The second kappa shape index (κ2) is 11.1. The molecule has 4 rings (SSSR count). The van der Waals surface area contributed by atoms with E-state index in [0.29, 0.717) is 17.2 Å². The molecular weight excluding hydrogens is 410 g/mol. The van der Waals surface area contributed by atoms with Crippen molar-refractivity contribution in [3.8, 4) is 5.69 Å². The maximum atomic E-state index is 12.9. The molecule has 1 aliphatic rings. The van der Waals surface area contributed by atoms with Crippen molar-refractivity contribution in [3.05, 3.63) is 83.7 Å². The van der Waals surface area contributed by atoms with Crippen molar-refractivity contribution < 1.29 is 9.59 Å². The quantitative estimate of drug-likeness (QED) is 0.399. The second-order valence-corrected chi connectivity index (χ2v) is 9.15. The molecule has 0 unspecified atom stereocenters. The summed E-state index contributed by atoms with van der Waals surface area (Å²) in [6.07, 6.45) is 12.5. The molecule has 0 saturated heterocycles. The van der Waals surface area contributed by atoms with Crippen LogP contribution in [0.3, 0.4) is 0 Å². The number of rotatable bonds is 9. The molecule has 3 aromatic rings. The van der Waals surface area contributed by atoms with Crippen LogP contribution in [-0.4, -0.2) is 22.8 Å². The SMILES string of the molecule is C[C@@H](CC1CCCCC1)NCc1ccccc1NC(=O)c1ccc(-n2ccc(C=O)c2)cc1. The van der Waals surface area contributed by atoms with Crippen LogP contribution in [0.2, 0.25) is 0 Å². The van der Waals surface area contributed by atoms with Crippen LogP contribution in [-0.2, 0) is 6.54 Å². The van der Waals surface area contributed by atoms with Crippen molar-refractivity contribution in [2.75, 3.05) is 5.32 Å². The molecule has 1 aliphatic carbocycles. The third-order valence-electron chi connectivity index (χ3n) is 6.60. The van der Waals surface area contributed by atoms with Crippen LogP contribution in [0, 0.1) is 5.92 Å². The maximum absolute atomic E-state index is 12.9. The first-order valence-corrected chi connectivity index (χ1v) is 12.0. The molecule has 1 saturated carbocycles. The highest BCUT2D eigenvalue weighted by atomic mass is 16.1. The number of hydrogen-bond acceptors (Lipinski definition) is 3. The third-order valence-corrected chi connectivity index (χ3v) is 6.60. The van der Waals surface area contributed by atoms with Crippen molar-refractivity contribution in [2.24, 2.45) is 5.92 Å². The van der Waals surface area contributed by atoms with Crippen LogP contribution < -0.4 is 10.6 Å². The topological polar surface area (TPSA) is 63.1 Å². The number of para-hydroxylation sites is 1. The first kappa shape index (κ1) is 23.0. The van der Waals surface area contributed by atoms with Crippen molar-refractivity contribution >= 4 is 17.9 Å². The highest BCUT2D eigenvalue weighted by Crippen LogP contribution is 2.27. The number of nitrogens with zero attached hydrogens (tertiary/aromatic N) is 1. The average Bonchev–Trinajstić information content (AvgIpc) is 3.34. The molecule has 1 heterocycles. The number of nitrogens with one attached hydrogen (secondary N) is 2. The molecule has 0 radical (unpaired) electrons. The minimum absolute atomic E-state index is 0.134. The number of aromatic nitrogens is 1. The fourth-order valence-corrected chi connectivity index (χ4v) is 4.71. The highest BCUT2D eigenvalue weighted by molar-refractivity contribution is 6.04. The van der Waals surface area contributed by atoms with Crippen molar-refractivity contribution in [1.82, 2.24) is 9.88 Å². The zero-order valence-electron chi connectivity index (χ0n) is 19.3. The molecule has 2 N–H and O–H groups in total. The van der Waals surface area contributed by atoms with Crippen LogP contribution in [0.4, 0.5) is 5.69 Å². The van der Waals surface area contributed by atoms with E-state index in [0.717, 1.165) is 35.7 Å². The predicted molar refractivity (Wildman–Crippen MR) is 133 cm³/mol. The van der Waals surface area contributed by atoms with Crippen molar-refractivity contribution in [2.45, 2.75) is 58.0 Å². The highest BCUT2D eigenvalue weighted by Gasteiger charge is 2.17. The van der Waals surface area contributed by atoms with Gasteiger partial charge in [-0.05, 0) is 61.2 Å². The number of carbonyl (C=O) groups is 2. The molecule has 1 fully saturated rings. The van der Waals surface area contributed by atoms with Crippen LogP contribution >= 0.6 is 0 Å². The van der Waals surface area contributed by atoms with Gasteiger partial charge in [-0.3, -0.25) is 9.59 Å². The maximum Gasteiger partial charge on any atom is 0.255 e. The van der Waals surface area contributed by atoms with Gasteiger partial charge in [-0.25, -0.2) is 0 Å². The average molecular weight is 444 g/mol. The number of benzene rings is 2. The van der Waals surface area contributed by atoms with Gasteiger partial charge in [-0.1, -0.05) is 50.3 Å². The van der Waals surface area contributed by atoms with Gasteiger partial charge in [0, 0.05) is 47.5 Å². The van der Waals surface area contributed by atoms with Crippen molar-refractivity contribution in [3.63, 3.8) is 0 Å².